The smallest absolute Gasteiger partial charge is 0.243 e. The fraction of sp³-hybridized carbons (Fsp3) is 0.581. The fourth-order valence-corrected chi connectivity index (χ4v) is 5.98. The third-order valence-corrected chi connectivity index (χ3v) is 8.13. The number of furan rings is 1. The zero-order chi connectivity index (χ0) is 27.2. The van der Waals surface area contributed by atoms with E-state index in [0.29, 0.717) is 25.0 Å². The minimum absolute atomic E-state index is 0.0409. The predicted molar refractivity (Wildman–Crippen MR) is 154 cm³/mol. The van der Waals surface area contributed by atoms with E-state index >= 15 is 0 Å². The van der Waals surface area contributed by atoms with Crippen molar-refractivity contribution in [3.8, 4) is 0 Å². The van der Waals surface area contributed by atoms with E-state index in [4.69, 9.17) is 4.42 Å². The third-order valence-electron chi connectivity index (χ3n) is 7.16. The maximum Gasteiger partial charge on any atom is 0.243 e. The molecule has 2 amide bonds. The Morgan fingerprint density at radius 1 is 0.974 bits per heavy atom. The number of rotatable bonds is 16. The average Bonchev–Trinajstić information content (AvgIpc) is 3.42. The molecule has 0 unspecified atom stereocenters. The van der Waals surface area contributed by atoms with Gasteiger partial charge in [0.25, 0.3) is 0 Å². The van der Waals surface area contributed by atoms with Gasteiger partial charge in [-0.25, -0.2) is 0 Å². The van der Waals surface area contributed by atoms with Crippen LogP contribution in [-0.2, 0) is 26.6 Å². The van der Waals surface area contributed by atoms with E-state index in [0.717, 1.165) is 30.1 Å². The highest BCUT2D eigenvalue weighted by molar-refractivity contribution is 7.99. The van der Waals surface area contributed by atoms with Crippen molar-refractivity contribution in [2.45, 2.75) is 95.9 Å². The van der Waals surface area contributed by atoms with Crippen molar-refractivity contribution in [3.63, 3.8) is 0 Å². The van der Waals surface area contributed by atoms with Gasteiger partial charge >= 0.3 is 0 Å². The first-order valence-corrected chi connectivity index (χ1v) is 15.3. The van der Waals surface area contributed by atoms with Crippen LogP contribution in [0.2, 0.25) is 0 Å². The Morgan fingerprint density at radius 3 is 2.42 bits per heavy atom. The number of hydrogen-bond donors (Lipinski definition) is 2. The summed E-state index contributed by atoms with van der Waals surface area (Å²) in [4.78, 5) is 39.4. The number of hydrogen-bond acceptors (Lipinski definition) is 5. The number of nitrogens with one attached hydrogen (secondary N) is 2. The molecule has 6 nitrogen and oxygen atoms in total. The summed E-state index contributed by atoms with van der Waals surface area (Å²) in [6.07, 6.45) is 11.4. The Bertz CT molecular complexity index is 971. The Balaban J connectivity index is 1.57. The summed E-state index contributed by atoms with van der Waals surface area (Å²) in [7, 11) is 0. The quantitative estimate of drug-likeness (QED) is 0.269. The number of amides is 2. The Hall–Kier alpha value is -2.54. The van der Waals surface area contributed by atoms with Crippen LogP contribution in [0.3, 0.4) is 0 Å². The van der Waals surface area contributed by atoms with Crippen LogP contribution < -0.4 is 10.6 Å². The second kappa shape index (κ2) is 16.4. The summed E-state index contributed by atoms with van der Waals surface area (Å²) in [5.41, 5.74) is 0.981. The van der Waals surface area contributed by atoms with E-state index < -0.39 is 12.1 Å². The molecule has 2 atom stereocenters. The molecule has 1 fully saturated rings. The first-order chi connectivity index (χ1) is 18.4. The fourth-order valence-electron chi connectivity index (χ4n) is 5.11. The lowest BCUT2D eigenvalue weighted by molar-refractivity contribution is -0.131. The van der Waals surface area contributed by atoms with Gasteiger partial charge in [-0.05, 0) is 55.2 Å². The van der Waals surface area contributed by atoms with E-state index in [1.165, 1.54) is 43.9 Å². The highest BCUT2D eigenvalue weighted by Crippen LogP contribution is 2.27. The van der Waals surface area contributed by atoms with Crippen LogP contribution in [-0.4, -0.2) is 35.4 Å². The van der Waals surface area contributed by atoms with Crippen LogP contribution in [0.25, 0.3) is 0 Å². The first kappa shape index (κ1) is 30.0. The molecular formula is C31H44N2O4S. The summed E-state index contributed by atoms with van der Waals surface area (Å²) in [6.45, 7) is 4.07. The molecule has 1 aromatic heterocycles. The summed E-state index contributed by atoms with van der Waals surface area (Å²) in [5, 5.41) is 5.96. The molecule has 2 N–H and O–H groups in total. The zero-order valence-electron chi connectivity index (χ0n) is 23.0. The van der Waals surface area contributed by atoms with Crippen molar-refractivity contribution in [1.82, 2.24) is 10.6 Å². The number of benzene rings is 1. The molecule has 1 heterocycles. The van der Waals surface area contributed by atoms with Gasteiger partial charge in [-0.3, -0.25) is 14.4 Å². The Labute approximate surface area is 232 Å². The van der Waals surface area contributed by atoms with Crippen molar-refractivity contribution < 1.29 is 18.8 Å². The second-order valence-electron chi connectivity index (χ2n) is 10.9. The zero-order valence-corrected chi connectivity index (χ0v) is 23.8. The van der Waals surface area contributed by atoms with Crippen molar-refractivity contribution >= 4 is 29.4 Å². The maximum absolute atomic E-state index is 13.4. The lowest BCUT2D eigenvalue weighted by atomic mass is 9.86. The van der Waals surface area contributed by atoms with Gasteiger partial charge in [0.15, 0.2) is 5.78 Å². The largest absolute Gasteiger partial charge is 0.468 e. The number of carbonyl (C=O) groups excluding carboxylic acids is 3. The molecule has 1 aromatic carbocycles. The highest BCUT2D eigenvalue weighted by Gasteiger charge is 2.27. The molecule has 1 aliphatic rings. The molecule has 38 heavy (non-hydrogen) atoms. The molecule has 0 radical (unpaired) electrons. The van der Waals surface area contributed by atoms with Crippen LogP contribution in [0.15, 0.2) is 53.1 Å². The molecule has 7 heteroatoms. The molecule has 1 aliphatic carbocycles. The van der Waals surface area contributed by atoms with Crippen LogP contribution >= 0.6 is 11.8 Å². The van der Waals surface area contributed by atoms with E-state index in [-0.39, 0.29) is 29.3 Å². The van der Waals surface area contributed by atoms with Crippen molar-refractivity contribution in [2.75, 3.05) is 5.75 Å². The van der Waals surface area contributed by atoms with Crippen LogP contribution in [0.5, 0.6) is 0 Å². The van der Waals surface area contributed by atoms with Crippen LogP contribution in [0, 0.1) is 11.8 Å². The highest BCUT2D eigenvalue weighted by atomic mass is 32.2. The monoisotopic (exact) mass is 540 g/mol. The maximum atomic E-state index is 13.4. The normalized spacial score (nSPS) is 15.7. The molecule has 0 saturated heterocycles. The lowest BCUT2D eigenvalue weighted by Gasteiger charge is -2.24. The van der Waals surface area contributed by atoms with Gasteiger partial charge in [0.1, 0.15) is 11.8 Å². The second-order valence-corrected chi connectivity index (χ2v) is 11.9. The SMILES string of the molecule is CC(C)C[C@H](NC(=O)CCCC1CCCCC1)C(=O)N[C@@H](Cc1ccccc1)C(=O)CSCc1ccco1. The number of carbonyl (C=O) groups is 3. The van der Waals surface area contributed by atoms with Crippen LogP contribution in [0.4, 0.5) is 0 Å². The van der Waals surface area contributed by atoms with Crippen molar-refractivity contribution in [1.29, 1.82) is 0 Å². The number of Topliss-reactive ketones (excluding diaryl/α,β-unsaturated/α-hetero) is 1. The molecule has 2 aromatic rings. The third kappa shape index (κ3) is 11.1. The van der Waals surface area contributed by atoms with E-state index in [9.17, 15) is 14.4 Å². The molecule has 0 spiro atoms. The molecule has 3 rings (SSSR count). The van der Waals surface area contributed by atoms with Gasteiger partial charge in [0.2, 0.25) is 11.8 Å². The molecule has 0 bridgehead atoms. The average molecular weight is 541 g/mol. The molecule has 208 valence electrons. The summed E-state index contributed by atoms with van der Waals surface area (Å²) in [6, 6.07) is 12.1. The number of thioether (sulfide) groups is 1. The van der Waals surface area contributed by atoms with Gasteiger partial charge in [0.05, 0.1) is 23.8 Å². The van der Waals surface area contributed by atoms with Gasteiger partial charge in [-0.1, -0.05) is 76.3 Å². The minimum Gasteiger partial charge on any atom is -0.468 e. The standard InChI is InChI=1S/C31H44N2O4S/c1-23(2)19-28(32-30(35)17-9-15-24-11-5-3-6-12-24)31(36)33-27(20-25-13-7-4-8-14-25)29(34)22-38-21-26-16-10-18-37-26/h4,7-8,10,13-14,16,18,23-24,27-28H,3,5-6,9,11-12,15,17,19-22H2,1-2H3,(H,32,35)(H,33,36)/t27-,28-/m0/s1. The van der Waals surface area contributed by atoms with Gasteiger partial charge in [-0.15, -0.1) is 11.8 Å². The summed E-state index contributed by atoms with van der Waals surface area (Å²) < 4.78 is 5.36. The van der Waals surface area contributed by atoms with Crippen LogP contribution in [0.1, 0.15) is 83.0 Å². The predicted octanol–water partition coefficient (Wildman–Crippen LogP) is 6.09. The lowest BCUT2D eigenvalue weighted by Crippen LogP contribution is -2.53. The topological polar surface area (TPSA) is 88.4 Å². The Morgan fingerprint density at radius 2 is 1.74 bits per heavy atom. The Kier molecular flexibility index (Phi) is 13.0. The molecular weight excluding hydrogens is 496 g/mol. The summed E-state index contributed by atoms with van der Waals surface area (Å²) in [5.74, 6) is 2.22. The van der Waals surface area contributed by atoms with Gasteiger partial charge in [0, 0.05) is 6.42 Å². The minimum atomic E-state index is -0.660. The molecule has 1 saturated carbocycles. The van der Waals surface area contributed by atoms with Gasteiger partial charge < -0.3 is 15.1 Å². The van der Waals surface area contributed by atoms with Crippen molar-refractivity contribution in [3.05, 3.63) is 60.1 Å². The molecule has 0 aliphatic heterocycles. The van der Waals surface area contributed by atoms with Crippen molar-refractivity contribution in [2.24, 2.45) is 11.8 Å². The van der Waals surface area contributed by atoms with E-state index in [1.807, 2.05) is 56.3 Å². The first-order valence-electron chi connectivity index (χ1n) is 14.2. The summed E-state index contributed by atoms with van der Waals surface area (Å²) >= 11 is 1.47. The van der Waals surface area contributed by atoms with Gasteiger partial charge in [-0.2, -0.15) is 0 Å². The van der Waals surface area contributed by atoms with E-state index in [2.05, 4.69) is 10.6 Å². The van der Waals surface area contributed by atoms with E-state index in [1.54, 1.807) is 6.26 Å². The number of ketones is 1.